The van der Waals surface area contributed by atoms with Crippen molar-refractivity contribution in [3.63, 3.8) is 0 Å². The van der Waals surface area contributed by atoms with Crippen LogP contribution in [-0.2, 0) is 25.1 Å². The molecule has 0 spiro atoms. The summed E-state index contributed by atoms with van der Waals surface area (Å²) < 4.78 is 42.4. The Balaban J connectivity index is 0.00000127. The number of alkyl halides is 1. The predicted octanol–water partition coefficient (Wildman–Crippen LogP) is 3.76. The van der Waals surface area contributed by atoms with Crippen molar-refractivity contribution in [2.75, 3.05) is 7.11 Å². The molecule has 0 bridgehead atoms. The Kier molecular flexibility index (Phi) is 6.85. The maximum absolute atomic E-state index is 13.7. The molecule has 2 rings (SSSR count). The molecule has 1 heterocycles. The van der Waals surface area contributed by atoms with Crippen LogP contribution in [0.5, 0.6) is 0 Å². The lowest BCUT2D eigenvalue weighted by Crippen LogP contribution is -2.22. The van der Waals surface area contributed by atoms with Gasteiger partial charge < -0.3 is 9.30 Å². The highest BCUT2D eigenvalue weighted by Gasteiger charge is 2.23. The average Bonchev–Trinajstić information content (AvgIpc) is 2.86. The topological polar surface area (TPSA) is 65.4 Å². The van der Waals surface area contributed by atoms with Crippen LogP contribution in [0.4, 0.5) is 4.39 Å². The molecule has 0 fully saturated rings. The number of benzene rings is 1. The fraction of sp³-hybridized carbons (Fsp3) is 0.357. The third kappa shape index (κ3) is 4.59. The molecule has 1 aromatic carbocycles. The molecule has 0 saturated heterocycles. The lowest BCUT2D eigenvalue weighted by molar-refractivity contribution is -0.146. The molecule has 2 aromatic rings. The Labute approximate surface area is 143 Å². The van der Waals surface area contributed by atoms with E-state index in [4.69, 9.17) is 22.3 Å². The molecule has 23 heavy (non-hydrogen) atoms. The fourth-order valence-corrected chi connectivity index (χ4v) is 3.18. The number of carbonyl (C=O) groups is 1. The van der Waals surface area contributed by atoms with Crippen LogP contribution in [0.15, 0.2) is 29.3 Å². The zero-order valence-electron chi connectivity index (χ0n) is 12.7. The Morgan fingerprint density at radius 2 is 2.00 bits per heavy atom. The monoisotopic (exact) mass is 383 g/mol. The molecule has 1 aromatic heterocycles. The normalized spacial score (nSPS) is 12.4. The van der Waals surface area contributed by atoms with Crippen molar-refractivity contribution in [1.29, 1.82) is 0 Å². The number of rotatable bonds is 4. The lowest BCUT2D eigenvalue weighted by Gasteiger charge is -2.08. The standard InChI is InChI=1S/C12H10Cl2FNO4S.C2H6/c1-20-12(17)9(15)5-16-6-11(21(14,18)19)8-3-2-7(13)4-10(8)16;1-2/h2-4,6,9H,5H2,1H3;1-2H3. The van der Waals surface area contributed by atoms with Gasteiger partial charge in [-0.25, -0.2) is 17.6 Å². The van der Waals surface area contributed by atoms with Gasteiger partial charge in [0.2, 0.25) is 6.17 Å². The van der Waals surface area contributed by atoms with Gasteiger partial charge in [0.05, 0.1) is 19.2 Å². The van der Waals surface area contributed by atoms with E-state index in [1.165, 1.54) is 29.0 Å². The van der Waals surface area contributed by atoms with Crippen LogP contribution in [0.3, 0.4) is 0 Å². The molecular weight excluding hydrogens is 368 g/mol. The predicted molar refractivity (Wildman–Crippen MR) is 88.2 cm³/mol. The minimum Gasteiger partial charge on any atom is -0.467 e. The molecule has 1 unspecified atom stereocenters. The van der Waals surface area contributed by atoms with E-state index in [1.54, 1.807) is 0 Å². The number of ether oxygens (including phenoxy) is 1. The quantitative estimate of drug-likeness (QED) is 0.595. The first kappa shape index (κ1) is 19.7. The summed E-state index contributed by atoms with van der Waals surface area (Å²) >= 11 is 5.86. The fourth-order valence-electron chi connectivity index (χ4n) is 1.95. The molecular formula is C14H16Cl2FNO4S. The van der Waals surface area contributed by atoms with Crippen LogP contribution in [0.1, 0.15) is 13.8 Å². The highest BCUT2D eigenvalue weighted by molar-refractivity contribution is 8.14. The largest absolute Gasteiger partial charge is 0.467 e. The molecule has 1 atom stereocenters. The van der Waals surface area contributed by atoms with Crippen LogP contribution < -0.4 is 0 Å². The maximum Gasteiger partial charge on any atom is 0.342 e. The van der Waals surface area contributed by atoms with Crippen LogP contribution >= 0.6 is 22.3 Å². The van der Waals surface area contributed by atoms with Crippen LogP contribution in [0, 0.1) is 0 Å². The van der Waals surface area contributed by atoms with Crippen molar-refractivity contribution in [1.82, 2.24) is 4.57 Å². The van der Waals surface area contributed by atoms with E-state index < -0.39 is 27.7 Å². The zero-order valence-corrected chi connectivity index (χ0v) is 15.0. The van der Waals surface area contributed by atoms with E-state index in [0.29, 0.717) is 15.9 Å². The van der Waals surface area contributed by atoms with Crippen molar-refractivity contribution < 1.29 is 22.3 Å². The van der Waals surface area contributed by atoms with Crippen LogP contribution in [0.2, 0.25) is 5.02 Å². The number of hydrogen-bond acceptors (Lipinski definition) is 4. The molecule has 9 heteroatoms. The zero-order chi connectivity index (χ0) is 17.8. The van der Waals surface area contributed by atoms with Gasteiger partial charge in [-0.3, -0.25) is 0 Å². The summed E-state index contributed by atoms with van der Waals surface area (Å²) in [6, 6.07) is 4.42. The number of carbonyl (C=O) groups excluding carboxylic acids is 1. The van der Waals surface area contributed by atoms with E-state index in [2.05, 4.69) is 4.74 Å². The first-order chi connectivity index (χ1) is 10.7. The first-order valence-electron chi connectivity index (χ1n) is 6.69. The van der Waals surface area contributed by atoms with Gasteiger partial charge in [-0.2, -0.15) is 0 Å². The summed E-state index contributed by atoms with van der Waals surface area (Å²) in [7, 11) is 2.41. The minimum atomic E-state index is -4.01. The molecule has 0 aliphatic rings. The van der Waals surface area contributed by atoms with E-state index in [0.717, 1.165) is 7.11 Å². The Hall–Kier alpha value is -1.31. The molecule has 0 N–H and O–H groups in total. The van der Waals surface area contributed by atoms with E-state index in [9.17, 15) is 17.6 Å². The Morgan fingerprint density at radius 1 is 1.39 bits per heavy atom. The average molecular weight is 384 g/mol. The van der Waals surface area contributed by atoms with Gasteiger partial charge in [0, 0.05) is 27.3 Å². The molecule has 0 amide bonds. The maximum atomic E-state index is 13.7. The summed E-state index contributed by atoms with van der Waals surface area (Å²) in [5.41, 5.74) is 0.355. The van der Waals surface area contributed by atoms with Gasteiger partial charge in [0.15, 0.2) is 0 Å². The number of fused-ring (bicyclic) bond motifs is 1. The van der Waals surface area contributed by atoms with E-state index in [-0.39, 0.29) is 4.90 Å². The van der Waals surface area contributed by atoms with Crippen molar-refractivity contribution in [2.24, 2.45) is 0 Å². The number of methoxy groups -OCH3 is 1. The van der Waals surface area contributed by atoms with Crippen molar-refractivity contribution in [2.45, 2.75) is 31.5 Å². The van der Waals surface area contributed by atoms with Gasteiger partial charge >= 0.3 is 5.97 Å². The number of nitrogens with zero attached hydrogens (tertiary/aromatic N) is 1. The second kappa shape index (κ2) is 7.99. The molecule has 0 radical (unpaired) electrons. The van der Waals surface area contributed by atoms with Crippen molar-refractivity contribution in [3.8, 4) is 0 Å². The van der Waals surface area contributed by atoms with Gasteiger partial charge in [0.25, 0.3) is 9.05 Å². The summed E-state index contributed by atoms with van der Waals surface area (Å²) in [6.45, 7) is 3.59. The lowest BCUT2D eigenvalue weighted by atomic mass is 10.2. The second-order valence-electron chi connectivity index (χ2n) is 4.24. The van der Waals surface area contributed by atoms with E-state index in [1.807, 2.05) is 13.8 Å². The molecule has 5 nitrogen and oxygen atoms in total. The number of hydrogen-bond donors (Lipinski definition) is 0. The third-order valence-corrected chi connectivity index (χ3v) is 4.47. The van der Waals surface area contributed by atoms with Crippen molar-refractivity contribution in [3.05, 3.63) is 29.4 Å². The summed E-state index contributed by atoms with van der Waals surface area (Å²) in [5, 5.41) is 0.639. The number of esters is 1. The number of aromatic nitrogens is 1. The van der Waals surface area contributed by atoms with Gasteiger partial charge in [-0.05, 0) is 18.2 Å². The molecule has 0 saturated carbocycles. The summed E-state index contributed by atoms with van der Waals surface area (Å²) in [5.74, 6) is -1.05. The highest BCUT2D eigenvalue weighted by atomic mass is 35.7. The molecule has 0 aliphatic carbocycles. The van der Waals surface area contributed by atoms with Gasteiger partial charge in [-0.15, -0.1) is 0 Å². The SMILES string of the molecule is CC.COC(=O)C(F)Cn1cc(S(=O)(=O)Cl)c2ccc(Cl)cc21. The van der Waals surface area contributed by atoms with E-state index >= 15 is 0 Å². The summed E-state index contributed by atoms with van der Waals surface area (Å²) in [6.07, 6.45) is -0.769. The van der Waals surface area contributed by atoms with Crippen molar-refractivity contribution >= 4 is 48.2 Å². The summed E-state index contributed by atoms with van der Waals surface area (Å²) in [4.78, 5) is 11.0. The second-order valence-corrected chi connectivity index (χ2v) is 7.21. The van der Waals surface area contributed by atoms with Gasteiger partial charge in [-0.1, -0.05) is 25.4 Å². The smallest absolute Gasteiger partial charge is 0.342 e. The minimum absolute atomic E-state index is 0.173. The highest BCUT2D eigenvalue weighted by Crippen LogP contribution is 2.30. The Bertz CT molecular complexity index is 804. The molecule has 128 valence electrons. The molecule has 0 aliphatic heterocycles. The van der Waals surface area contributed by atoms with Crippen LogP contribution in [-0.4, -0.2) is 32.2 Å². The van der Waals surface area contributed by atoms with Gasteiger partial charge in [0.1, 0.15) is 4.90 Å². The van der Waals surface area contributed by atoms with Crippen LogP contribution in [0.25, 0.3) is 10.9 Å². The first-order valence-corrected chi connectivity index (χ1v) is 9.37. The number of halogens is 3. The third-order valence-electron chi connectivity index (χ3n) is 2.88. The Morgan fingerprint density at radius 3 is 2.52 bits per heavy atom.